The predicted octanol–water partition coefficient (Wildman–Crippen LogP) is 2.57. The maximum Gasteiger partial charge on any atom is 0.0712 e. The lowest BCUT2D eigenvalue weighted by Gasteiger charge is -2.04. The second-order valence-corrected chi connectivity index (χ2v) is 2.37. The minimum atomic E-state index is -0.200. The molecule has 0 fully saturated rings. The summed E-state index contributed by atoms with van der Waals surface area (Å²) in [5.41, 5.74) is 0. The molecule has 0 aromatic heterocycles. The van der Waals surface area contributed by atoms with E-state index >= 15 is 0 Å². The Morgan fingerprint density at radius 3 is 1.38 bits per heavy atom. The SMILES string of the molecule is C=CC(Cl)C(Cl)C=C. The van der Waals surface area contributed by atoms with E-state index in [0.717, 1.165) is 0 Å². The second kappa shape index (κ2) is 3.99. The molecule has 0 aliphatic carbocycles. The molecule has 0 saturated heterocycles. The maximum absolute atomic E-state index is 5.59. The van der Waals surface area contributed by atoms with Gasteiger partial charge in [-0.3, -0.25) is 0 Å². The quantitative estimate of drug-likeness (QED) is 0.429. The smallest absolute Gasteiger partial charge is 0.0712 e. The third kappa shape index (κ3) is 2.39. The average molecular weight is 151 g/mol. The minimum absolute atomic E-state index is 0.200. The van der Waals surface area contributed by atoms with Crippen molar-refractivity contribution in [2.45, 2.75) is 10.8 Å². The number of rotatable bonds is 3. The lowest BCUT2D eigenvalue weighted by molar-refractivity contribution is 1.08. The Hall–Kier alpha value is 0.0600. The fourth-order valence-corrected chi connectivity index (χ4v) is 0.466. The number of allylic oxidation sites excluding steroid dienone is 2. The van der Waals surface area contributed by atoms with Crippen LogP contribution >= 0.6 is 23.2 Å². The Bertz CT molecular complexity index is 76.5. The Morgan fingerprint density at radius 1 is 1.00 bits per heavy atom. The van der Waals surface area contributed by atoms with Gasteiger partial charge in [-0.1, -0.05) is 12.2 Å². The van der Waals surface area contributed by atoms with Crippen molar-refractivity contribution < 1.29 is 0 Å². The van der Waals surface area contributed by atoms with Crippen molar-refractivity contribution in [3.05, 3.63) is 25.3 Å². The van der Waals surface area contributed by atoms with Gasteiger partial charge in [0, 0.05) is 0 Å². The van der Waals surface area contributed by atoms with Crippen molar-refractivity contribution in [1.82, 2.24) is 0 Å². The van der Waals surface area contributed by atoms with Crippen molar-refractivity contribution in [2.24, 2.45) is 0 Å². The van der Waals surface area contributed by atoms with Gasteiger partial charge in [-0.15, -0.1) is 36.4 Å². The normalized spacial score (nSPS) is 16.8. The first-order chi connectivity index (χ1) is 3.72. The molecule has 46 valence electrons. The maximum atomic E-state index is 5.59. The summed E-state index contributed by atoms with van der Waals surface area (Å²) in [4.78, 5) is 0. The number of alkyl halides is 2. The van der Waals surface area contributed by atoms with Gasteiger partial charge < -0.3 is 0 Å². The van der Waals surface area contributed by atoms with Crippen LogP contribution in [0.2, 0.25) is 0 Å². The summed E-state index contributed by atoms with van der Waals surface area (Å²) in [5.74, 6) is 0. The molecule has 2 unspecified atom stereocenters. The van der Waals surface area contributed by atoms with Crippen molar-refractivity contribution in [2.75, 3.05) is 0 Å². The lowest BCUT2D eigenvalue weighted by atomic mass is 10.3. The number of halogens is 2. The van der Waals surface area contributed by atoms with Crippen LogP contribution in [0.3, 0.4) is 0 Å². The Labute approximate surface area is 59.8 Å². The van der Waals surface area contributed by atoms with Gasteiger partial charge in [-0.25, -0.2) is 0 Å². The predicted molar refractivity (Wildman–Crippen MR) is 39.7 cm³/mol. The molecule has 0 bridgehead atoms. The van der Waals surface area contributed by atoms with E-state index in [9.17, 15) is 0 Å². The molecule has 0 N–H and O–H groups in total. The van der Waals surface area contributed by atoms with E-state index in [2.05, 4.69) is 13.2 Å². The first kappa shape index (κ1) is 8.06. The highest BCUT2D eigenvalue weighted by Crippen LogP contribution is 2.10. The van der Waals surface area contributed by atoms with Crippen LogP contribution in [0.5, 0.6) is 0 Å². The van der Waals surface area contributed by atoms with Gasteiger partial charge in [0.05, 0.1) is 10.8 Å². The summed E-state index contributed by atoms with van der Waals surface area (Å²) in [6.45, 7) is 6.93. The van der Waals surface area contributed by atoms with Crippen molar-refractivity contribution in [1.29, 1.82) is 0 Å². The summed E-state index contributed by atoms with van der Waals surface area (Å²) in [6, 6.07) is 0. The molecule has 0 radical (unpaired) electrons. The molecule has 2 atom stereocenters. The van der Waals surface area contributed by atoms with Gasteiger partial charge >= 0.3 is 0 Å². The van der Waals surface area contributed by atoms with E-state index < -0.39 is 0 Å². The highest BCUT2D eigenvalue weighted by molar-refractivity contribution is 6.31. The Morgan fingerprint density at radius 2 is 1.25 bits per heavy atom. The molecule has 0 aromatic carbocycles. The molecule has 0 rings (SSSR count). The molecular formula is C6H8Cl2. The van der Waals surface area contributed by atoms with Crippen LogP contribution in [0.4, 0.5) is 0 Å². The Kier molecular flexibility index (Phi) is 4.02. The lowest BCUT2D eigenvalue weighted by Crippen LogP contribution is -2.07. The highest BCUT2D eigenvalue weighted by atomic mass is 35.5. The molecule has 8 heavy (non-hydrogen) atoms. The van der Waals surface area contributed by atoms with Gasteiger partial charge in [-0.2, -0.15) is 0 Å². The molecule has 0 nitrogen and oxygen atoms in total. The topological polar surface area (TPSA) is 0 Å². The van der Waals surface area contributed by atoms with Crippen LogP contribution in [-0.2, 0) is 0 Å². The summed E-state index contributed by atoms with van der Waals surface area (Å²) in [7, 11) is 0. The van der Waals surface area contributed by atoms with Crippen LogP contribution in [-0.4, -0.2) is 10.8 Å². The Balaban J connectivity index is 3.60. The largest absolute Gasteiger partial charge is 0.117 e. The molecule has 0 aliphatic rings. The van der Waals surface area contributed by atoms with Crippen molar-refractivity contribution >= 4 is 23.2 Å². The zero-order valence-corrected chi connectivity index (χ0v) is 5.99. The zero-order chi connectivity index (χ0) is 6.57. The molecule has 0 saturated carbocycles. The molecule has 2 heteroatoms. The molecule has 0 heterocycles. The van der Waals surface area contributed by atoms with Gasteiger partial charge in [0.15, 0.2) is 0 Å². The monoisotopic (exact) mass is 150 g/mol. The van der Waals surface area contributed by atoms with E-state index in [-0.39, 0.29) is 10.8 Å². The van der Waals surface area contributed by atoms with Crippen molar-refractivity contribution in [3.63, 3.8) is 0 Å². The standard InChI is InChI=1S/C6H8Cl2/c1-3-5(7)6(8)4-2/h3-6H,1-2H2. The second-order valence-electron chi connectivity index (χ2n) is 1.36. The van der Waals surface area contributed by atoms with Crippen LogP contribution in [0.15, 0.2) is 25.3 Å². The highest BCUT2D eigenvalue weighted by Gasteiger charge is 2.06. The average Bonchev–Trinajstić information content (AvgIpc) is 1.84. The van der Waals surface area contributed by atoms with E-state index in [1.807, 2.05) is 0 Å². The molecular weight excluding hydrogens is 143 g/mol. The fraction of sp³-hybridized carbons (Fsp3) is 0.333. The van der Waals surface area contributed by atoms with E-state index in [1.54, 1.807) is 12.2 Å². The van der Waals surface area contributed by atoms with E-state index in [4.69, 9.17) is 23.2 Å². The fourth-order valence-electron chi connectivity index (χ4n) is 0.260. The first-order valence-electron chi connectivity index (χ1n) is 2.25. The molecule has 0 aromatic rings. The van der Waals surface area contributed by atoms with E-state index in [0.29, 0.717) is 0 Å². The number of hydrogen-bond acceptors (Lipinski definition) is 0. The van der Waals surface area contributed by atoms with E-state index in [1.165, 1.54) is 0 Å². The van der Waals surface area contributed by atoms with Crippen LogP contribution in [0.25, 0.3) is 0 Å². The summed E-state index contributed by atoms with van der Waals surface area (Å²) in [5, 5.41) is -0.400. The van der Waals surface area contributed by atoms with Gasteiger partial charge in [0.1, 0.15) is 0 Å². The van der Waals surface area contributed by atoms with Gasteiger partial charge in [0.25, 0.3) is 0 Å². The van der Waals surface area contributed by atoms with Gasteiger partial charge in [-0.05, 0) is 0 Å². The van der Waals surface area contributed by atoms with Crippen LogP contribution < -0.4 is 0 Å². The summed E-state index contributed by atoms with van der Waals surface area (Å²) in [6.07, 6.45) is 3.17. The minimum Gasteiger partial charge on any atom is -0.117 e. The van der Waals surface area contributed by atoms with Crippen LogP contribution in [0, 0.1) is 0 Å². The van der Waals surface area contributed by atoms with Crippen LogP contribution in [0.1, 0.15) is 0 Å². The molecule has 0 spiro atoms. The third-order valence-corrected chi connectivity index (χ3v) is 1.78. The first-order valence-corrected chi connectivity index (χ1v) is 3.13. The summed E-state index contributed by atoms with van der Waals surface area (Å²) < 4.78 is 0. The summed E-state index contributed by atoms with van der Waals surface area (Å²) >= 11 is 11.2. The number of hydrogen-bond donors (Lipinski definition) is 0. The molecule has 0 amide bonds. The zero-order valence-electron chi connectivity index (χ0n) is 4.48. The molecule has 0 aliphatic heterocycles. The third-order valence-electron chi connectivity index (χ3n) is 0.755. The van der Waals surface area contributed by atoms with Crippen molar-refractivity contribution in [3.8, 4) is 0 Å². The van der Waals surface area contributed by atoms with Gasteiger partial charge in [0.2, 0.25) is 0 Å².